The van der Waals surface area contributed by atoms with E-state index in [1.54, 1.807) is 0 Å². The summed E-state index contributed by atoms with van der Waals surface area (Å²) in [4.78, 5) is 26.1. The van der Waals surface area contributed by atoms with Crippen molar-refractivity contribution in [2.45, 2.75) is 61.3 Å². The van der Waals surface area contributed by atoms with E-state index in [0.717, 1.165) is 0 Å². The molecule has 136 valence electrons. The highest BCUT2D eigenvalue weighted by Gasteiger charge is 2.65. The number of rotatable bonds is 7. The Morgan fingerprint density at radius 3 is 2.54 bits per heavy atom. The van der Waals surface area contributed by atoms with E-state index in [2.05, 4.69) is 4.99 Å². The van der Waals surface area contributed by atoms with Crippen molar-refractivity contribution in [3.63, 3.8) is 0 Å². The topological polar surface area (TPSA) is 156 Å². The summed E-state index contributed by atoms with van der Waals surface area (Å²) >= 11 is 1.46. The monoisotopic (exact) mass is 359 g/mol. The molecule has 0 radical (unpaired) electrons. The van der Waals surface area contributed by atoms with Crippen LogP contribution in [0, 0.1) is 11.8 Å². The number of carboxylic acids is 2. The maximum Gasteiger partial charge on any atom is 0.320 e. The minimum atomic E-state index is -1.11. The van der Waals surface area contributed by atoms with Crippen LogP contribution in [0.1, 0.15) is 33.1 Å². The van der Waals surface area contributed by atoms with Crippen molar-refractivity contribution in [2.75, 3.05) is 0 Å². The van der Waals surface area contributed by atoms with Crippen LogP contribution in [0.2, 0.25) is 0 Å². The highest BCUT2D eigenvalue weighted by atomic mass is 32.2. The molecule has 0 spiro atoms. The second kappa shape index (κ2) is 6.89. The number of fused-ring (bicyclic) bond motifs is 1. The molecule has 1 heterocycles. The fourth-order valence-corrected chi connectivity index (χ4v) is 5.50. The summed E-state index contributed by atoms with van der Waals surface area (Å²) in [6, 6.07) is -1.59. The minimum absolute atomic E-state index is 0.0675. The van der Waals surface area contributed by atoms with Crippen molar-refractivity contribution in [2.24, 2.45) is 22.6 Å². The second-order valence-electron chi connectivity index (χ2n) is 6.92. The van der Waals surface area contributed by atoms with Crippen molar-refractivity contribution in [3.05, 3.63) is 0 Å². The fourth-order valence-electron chi connectivity index (χ4n) is 3.56. The average molecular weight is 359 g/mol. The van der Waals surface area contributed by atoms with Crippen LogP contribution in [0.4, 0.5) is 0 Å². The van der Waals surface area contributed by atoms with E-state index in [1.807, 2.05) is 13.8 Å². The quantitative estimate of drug-likeness (QED) is 0.343. The smallest absolute Gasteiger partial charge is 0.320 e. The van der Waals surface area contributed by atoms with Gasteiger partial charge in [-0.2, -0.15) is 0 Å². The summed E-state index contributed by atoms with van der Waals surface area (Å²) in [6.07, 6.45) is -0.379. The van der Waals surface area contributed by atoms with Crippen molar-refractivity contribution in [3.8, 4) is 0 Å². The Bertz CT molecular complexity index is 552. The lowest BCUT2D eigenvalue weighted by atomic mass is 9.66. The van der Waals surface area contributed by atoms with Gasteiger partial charge in [-0.25, -0.2) is 0 Å². The van der Waals surface area contributed by atoms with Gasteiger partial charge in [0.25, 0.3) is 0 Å². The standard InChI is InChI=1S/C15H24N2O6S/c1-15(2)9(14(22)23)8-11(19)10(12(8)24-15)17-7(18)5-3-4-6(16)13(20)21/h6,8-12,19H,3-5,16H2,1-2H3,(H,17,18)(H,20,21)(H,22,23)/p-1/t6-,8+,9+,10-,11-,12+/m1/s1. The predicted octanol–water partition coefficient (Wildman–Crippen LogP) is -0.718. The summed E-state index contributed by atoms with van der Waals surface area (Å²) in [5, 5.41) is 40.0. The van der Waals surface area contributed by atoms with Gasteiger partial charge in [0, 0.05) is 15.9 Å². The Hall–Kier alpha value is -1.32. The molecule has 9 heteroatoms. The summed E-state index contributed by atoms with van der Waals surface area (Å²) in [6.45, 7) is 3.65. The van der Waals surface area contributed by atoms with E-state index < -0.39 is 52.6 Å². The maximum absolute atomic E-state index is 11.9. The van der Waals surface area contributed by atoms with Crippen molar-refractivity contribution in [1.29, 1.82) is 0 Å². The average Bonchev–Trinajstić information content (AvgIpc) is 2.73. The van der Waals surface area contributed by atoms with Gasteiger partial charge < -0.3 is 26.2 Å². The molecule has 0 bridgehead atoms. The van der Waals surface area contributed by atoms with Crippen LogP contribution < -0.4 is 10.8 Å². The van der Waals surface area contributed by atoms with Gasteiger partial charge in [0.05, 0.1) is 18.1 Å². The van der Waals surface area contributed by atoms with Gasteiger partial charge in [-0.05, 0) is 39.0 Å². The lowest BCUT2D eigenvalue weighted by molar-refractivity contribution is -0.220. The number of nitrogens with zero attached hydrogens (tertiary/aromatic N) is 1. The first-order chi connectivity index (χ1) is 11.1. The number of nitrogens with two attached hydrogens (primary N) is 1. The van der Waals surface area contributed by atoms with Gasteiger partial charge in [-0.1, -0.05) is 0 Å². The SMILES string of the molecule is CC1(C)S[C@@H]2[C@H](N=C([O-])CCC[C@@H](N)C(=O)O)[C@H](O)[C@@H]2[C@H]1C(=O)O. The molecular formula is C15H23N2O6S-. The Labute approximate surface area is 144 Å². The van der Waals surface area contributed by atoms with Crippen molar-refractivity contribution < 1.29 is 30.0 Å². The molecule has 1 saturated heterocycles. The molecule has 2 aliphatic rings. The summed E-state index contributed by atoms with van der Waals surface area (Å²) in [5.41, 5.74) is 5.37. The van der Waals surface area contributed by atoms with Gasteiger partial charge >= 0.3 is 11.9 Å². The first-order valence-corrected chi connectivity index (χ1v) is 8.75. The van der Waals surface area contributed by atoms with E-state index in [9.17, 15) is 24.9 Å². The number of aliphatic carboxylic acids is 2. The molecule has 0 unspecified atom stereocenters. The molecule has 1 saturated carbocycles. The number of aliphatic hydroxyl groups excluding tert-OH is 1. The number of aliphatic hydroxyl groups is 1. The van der Waals surface area contributed by atoms with Crippen LogP contribution in [-0.2, 0) is 9.59 Å². The molecule has 6 atom stereocenters. The number of aliphatic imine (C=N–C) groups is 1. The predicted molar refractivity (Wildman–Crippen MR) is 86.8 cm³/mol. The van der Waals surface area contributed by atoms with E-state index in [0.29, 0.717) is 6.42 Å². The zero-order valence-corrected chi connectivity index (χ0v) is 14.4. The fraction of sp³-hybridized carbons (Fsp3) is 0.800. The van der Waals surface area contributed by atoms with Crippen molar-refractivity contribution >= 4 is 29.6 Å². The molecule has 0 aromatic rings. The first kappa shape index (κ1) is 19.0. The lowest BCUT2D eigenvalue weighted by Crippen LogP contribution is -2.59. The van der Waals surface area contributed by atoms with Gasteiger partial charge in [0.15, 0.2) is 0 Å². The highest BCUT2D eigenvalue weighted by molar-refractivity contribution is 8.01. The Kier molecular flexibility index (Phi) is 5.46. The van der Waals surface area contributed by atoms with E-state index in [4.69, 9.17) is 10.8 Å². The molecule has 5 N–H and O–H groups in total. The second-order valence-corrected chi connectivity index (χ2v) is 8.75. The van der Waals surface area contributed by atoms with Crippen LogP contribution in [-0.4, -0.2) is 61.3 Å². The summed E-state index contributed by atoms with van der Waals surface area (Å²) < 4.78 is -0.524. The normalized spacial score (nSPS) is 35.8. The number of hydrogen-bond donors (Lipinski definition) is 4. The number of thioether (sulfide) groups is 1. The van der Waals surface area contributed by atoms with E-state index in [1.165, 1.54) is 11.8 Å². The van der Waals surface area contributed by atoms with Crippen LogP contribution >= 0.6 is 11.8 Å². The lowest BCUT2D eigenvalue weighted by Gasteiger charge is -2.44. The number of hydrogen-bond acceptors (Lipinski definition) is 7. The zero-order chi connectivity index (χ0) is 18.2. The molecule has 24 heavy (non-hydrogen) atoms. The molecular weight excluding hydrogens is 336 g/mol. The van der Waals surface area contributed by atoms with E-state index >= 15 is 0 Å². The largest absolute Gasteiger partial charge is 0.862 e. The third kappa shape index (κ3) is 3.52. The van der Waals surface area contributed by atoms with Crippen LogP contribution in [0.15, 0.2) is 4.99 Å². The number of carbonyl (C=O) groups is 2. The number of carboxylic acid groups (broad SMARTS) is 2. The summed E-state index contributed by atoms with van der Waals surface area (Å²) in [7, 11) is 0. The molecule has 2 rings (SSSR count). The first-order valence-electron chi connectivity index (χ1n) is 7.87. The third-order valence-electron chi connectivity index (χ3n) is 4.82. The van der Waals surface area contributed by atoms with Gasteiger partial charge in [0.2, 0.25) is 0 Å². The minimum Gasteiger partial charge on any atom is -0.862 e. The maximum atomic E-state index is 11.9. The Morgan fingerprint density at radius 1 is 1.38 bits per heavy atom. The van der Waals surface area contributed by atoms with Crippen LogP contribution in [0.25, 0.3) is 0 Å². The third-order valence-corrected chi connectivity index (χ3v) is 6.54. The molecule has 8 nitrogen and oxygen atoms in total. The van der Waals surface area contributed by atoms with E-state index in [-0.39, 0.29) is 18.1 Å². The van der Waals surface area contributed by atoms with Crippen molar-refractivity contribution in [1.82, 2.24) is 0 Å². The summed E-state index contributed by atoms with van der Waals surface area (Å²) in [5.74, 6) is -3.53. The zero-order valence-electron chi connectivity index (χ0n) is 13.6. The molecule has 1 aliphatic heterocycles. The highest BCUT2D eigenvalue weighted by Crippen LogP contribution is 2.60. The molecule has 0 amide bonds. The van der Waals surface area contributed by atoms with Crippen LogP contribution in [0.3, 0.4) is 0 Å². The van der Waals surface area contributed by atoms with Crippen LogP contribution in [0.5, 0.6) is 0 Å². The molecule has 2 fully saturated rings. The molecule has 1 aliphatic carbocycles. The molecule has 0 aromatic carbocycles. The van der Waals surface area contributed by atoms with Gasteiger partial charge in [0.1, 0.15) is 6.04 Å². The van der Waals surface area contributed by atoms with Gasteiger partial charge in [-0.15, -0.1) is 11.8 Å². The Morgan fingerprint density at radius 2 is 2.00 bits per heavy atom. The van der Waals surface area contributed by atoms with Gasteiger partial charge in [-0.3, -0.25) is 14.6 Å². The Balaban J connectivity index is 1.95. The molecule has 0 aromatic heterocycles.